The molecular formula is C22H29N3O2S. The second-order valence-corrected chi connectivity index (χ2v) is 10.1. The van der Waals surface area contributed by atoms with Crippen LogP contribution in [0.3, 0.4) is 0 Å². The zero-order chi connectivity index (χ0) is 18.6. The van der Waals surface area contributed by atoms with E-state index in [1.807, 2.05) is 11.3 Å². The number of hydrogen-bond donors (Lipinski definition) is 1. The molecule has 1 spiro atoms. The van der Waals surface area contributed by atoms with E-state index in [2.05, 4.69) is 46.0 Å². The standard InChI is InChI=1S/C22H29N3O2S/c1-2-4-20-18(3-1)13-21(28-20)25-23-27-22(14-16-5-7-19(22)8-6-16)24(25)15-17-9-11-26-12-10-17/h1-4,13,16-17,19,23H,5-12,14-15H2. The number of nitrogens with one attached hydrogen (secondary N) is 1. The van der Waals surface area contributed by atoms with Crippen molar-refractivity contribution in [2.75, 3.05) is 24.9 Å². The molecule has 0 amide bonds. The Kier molecular flexibility index (Phi) is 4.39. The molecule has 1 aromatic heterocycles. The zero-order valence-electron chi connectivity index (χ0n) is 16.3. The van der Waals surface area contributed by atoms with Crippen molar-refractivity contribution in [1.82, 2.24) is 10.6 Å². The molecule has 2 aromatic rings. The van der Waals surface area contributed by atoms with E-state index in [4.69, 9.17) is 9.57 Å². The Labute approximate surface area is 170 Å². The van der Waals surface area contributed by atoms with Crippen molar-refractivity contribution in [3.63, 3.8) is 0 Å². The third-order valence-corrected chi connectivity index (χ3v) is 8.54. The summed E-state index contributed by atoms with van der Waals surface area (Å²) in [5.41, 5.74) is 3.19. The molecule has 2 bridgehead atoms. The molecule has 5 aliphatic rings. The van der Waals surface area contributed by atoms with Gasteiger partial charge in [-0.1, -0.05) is 23.8 Å². The van der Waals surface area contributed by atoms with Crippen LogP contribution in [0.5, 0.6) is 0 Å². The Morgan fingerprint density at radius 1 is 1.07 bits per heavy atom. The van der Waals surface area contributed by atoms with Gasteiger partial charge in [0.2, 0.25) is 0 Å². The van der Waals surface area contributed by atoms with Crippen LogP contribution in [0.1, 0.15) is 44.9 Å². The molecule has 2 aliphatic heterocycles. The highest BCUT2D eigenvalue weighted by atomic mass is 32.1. The predicted molar refractivity (Wildman–Crippen MR) is 112 cm³/mol. The van der Waals surface area contributed by atoms with Crippen LogP contribution < -0.4 is 10.7 Å². The lowest BCUT2D eigenvalue weighted by molar-refractivity contribution is -0.202. The summed E-state index contributed by atoms with van der Waals surface area (Å²) in [6.45, 7) is 2.84. The first-order chi connectivity index (χ1) is 13.8. The molecule has 3 heterocycles. The fourth-order valence-corrected chi connectivity index (χ4v) is 6.90. The average Bonchev–Trinajstić information content (AvgIpc) is 3.32. The topological polar surface area (TPSA) is 37.0 Å². The number of ether oxygens (including phenoxy) is 1. The first kappa shape index (κ1) is 17.7. The van der Waals surface area contributed by atoms with Gasteiger partial charge in [-0.05, 0) is 74.3 Å². The van der Waals surface area contributed by atoms with Crippen LogP contribution in [0.15, 0.2) is 30.3 Å². The van der Waals surface area contributed by atoms with Crippen molar-refractivity contribution in [3.8, 4) is 0 Å². The SMILES string of the molecule is c1ccc2sc(N3NOC4(CC5CCC4CC5)N3CC3CCOCC3)cc2c1. The maximum absolute atomic E-state index is 6.51. The van der Waals surface area contributed by atoms with Crippen molar-refractivity contribution in [1.29, 1.82) is 0 Å². The number of hydrazine groups is 2. The Morgan fingerprint density at radius 2 is 1.89 bits per heavy atom. The van der Waals surface area contributed by atoms with Gasteiger partial charge in [0.25, 0.3) is 0 Å². The number of rotatable bonds is 3. The molecule has 7 rings (SSSR count). The summed E-state index contributed by atoms with van der Waals surface area (Å²) in [6.07, 6.45) is 8.83. The summed E-state index contributed by atoms with van der Waals surface area (Å²) in [6, 6.07) is 11.0. The molecule has 5 nitrogen and oxygen atoms in total. The van der Waals surface area contributed by atoms with E-state index in [1.54, 1.807) is 0 Å². The maximum atomic E-state index is 6.51. The summed E-state index contributed by atoms with van der Waals surface area (Å²) >= 11 is 1.84. The van der Waals surface area contributed by atoms with E-state index >= 15 is 0 Å². The third-order valence-electron chi connectivity index (χ3n) is 7.45. The monoisotopic (exact) mass is 399 g/mol. The summed E-state index contributed by atoms with van der Waals surface area (Å²) in [5.74, 6) is 2.11. The molecule has 150 valence electrons. The molecule has 1 atom stereocenters. The van der Waals surface area contributed by atoms with Gasteiger partial charge in [-0.25, -0.2) is 5.12 Å². The second kappa shape index (κ2) is 6.96. The molecule has 2 saturated heterocycles. The lowest BCUT2D eigenvalue weighted by Gasteiger charge is -2.52. The molecule has 5 fully saturated rings. The number of thiophene rings is 1. The molecule has 1 aromatic carbocycles. The second-order valence-electron chi connectivity index (χ2n) is 9.03. The lowest BCUT2D eigenvalue weighted by atomic mass is 9.65. The van der Waals surface area contributed by atoms with E-state index in [1.165, 1.54) is 40.8 Å². The minimum Gasteiger partial charge on any atom is -0.381 e. The van der Waals surface area contributed by atoms with Gasteiger partial charge in [0.15, 0.2) is 5.72 Å². The summed E-state index contributed by atoms with van der Waals surface area (Å²) in [7, 11) is 0. The van der Waals surface area contributed by atoms with Crippen LogP contribution in [0.25, 0.3) is 10.1 Å². The highest BCUT2D eigenvalue weighted by Crippen LogP contribution is 2.53. The van der Waals surface area contributed by atoms with Gasteiger partial charge < -0.3 is 4.74 Å². The maximum Gasteiger partial charge on any atom is 0.165 e. The normalized spacial score (nSPS) is 34.1. The van der Waals surface area contributed by atoms with Crippen molar-refractivity contribution in [3.05, 3.63) is 30.3 Å². The number of benzene rings is 1. The summed E-state index contributed by atoms with van der Waals surface area (Å²) < 4.78 is 6.95. The predicted octanol–water partition coefficient (Wildman–Crippen LogP) is 4.71. The number of anilines is 1. The molecule has 0 radical (unpaired) electrons. The first-order valence-corrected chi connectivity index (χ1v) is 11.7. The third kappa shape index (κ3) is 2.81. The van der Waals surface area contributed by atoms with Gasteiger partial charge in [-0.15, -0.1) is 11.3 Å². The largest absolute Gasteiger partial charge is 0.381 e. The lowest BCUT2D eigenvalue weighted by Crippen LogP contribution is -2.61. The van der Waals surface area contributed by atoms with Crippen molar-refractivity contribution in [2.24, 2.45) is 17.8 Å². The van der Waals surface area contributed by atoms with Crippen LogP contribution >= 0.6 is 11.3 Å². The molecular weight excluding hydrogens is 370 g/mol. The number of nitrogens with zero attached hydrogens (tertiary/aromatic N) is 2. The first-order valence-electron chi connectivity index (χ1n) is 10.9. The fraction of sp³-hybridized carbons (Fsp3) is 0.636. The highest BCUT2D eigenvalue weighted by molar-refractivity contribution is 7.22. The minimum absolute atomic E-state index is 0.171. The van der Waals surface area contributed by atoms with Crippen LogP contribution in [-0.2, 0) is 9.57 Å². The van der Waals surface area contributed by atoms with E-state index < -0.39 is 0 Å². The highest BCUT2D eigenvalue weighted by Gasteiger charge is 2.58. The number of hydrogen-bond acceptors (Lipinski definition) is 6. The summed E-state index contributed by atoms with van der Waals surface area (Å²) in [4.78, 5) is 6.51. The molecule has 3 aliphatic carbocycles. The van der Waals surface area contributed by atoms with Crippen molar-refractivity contribution in [2.45, 2.75) is 50.7 Å². The Morgan fingerprint density at radius 3 is 2.64 bits per heavy atom. The van der Waals surface area contributed by atoms with E-state index in [0.29, 0.717) is 11.8 Å². The van der Waals surface area contributed by atoms with E-state index in [0.717, 1.165) is 44.9 Å². The van der Waals surface area contributed by atoms with E-state index in [-0.39, 0.29) is 5.72 Å². The fourth-order valence-electron chi connectivity index (χ4n) is 5.88. The Bertz CT molecular complexity index is 810. The molecule has 1 unspecified atom stereocenters. The summed E-state index contributed by atoms with van der Waals surface area (Å²) in [5, 5.41) is 7.35. The van der Waals surface area contributed by atoms with Crippen LogP contribution in [0.4, 0.5) is 5.00 Å². The number of fused-ring (bicyclic) bond motifs is 3. The smallest absolute Gasteiger partial charge is 0.165 e. The van der Waals surface area contributed by atoms with Crippen molar-refractivity contribution >= 4 is 26.4 Å². The van der Waals surface area contributed by atoms with Gasteiger partial charge in [0, 0.05) is 30.4 Å². The van der Waals surface area contributed by atoms with Gasteiger partial charge >= 0.3 is 0 Å². The van der Waals surface area contributed by atoms with Gasteiger partial charge in [-0.3, -0.25) is 4.84 Å². The molecule has 1 N–H and O–H groups in total. The molecule has 3 saturated carbocycles. The molecule has 6 heteroatoms. The van der Waals surface area contributed by atoms with Crippen LogP contribution in [0.2, 0.25) is 0 Å². The zero-order valence-corrected chi connectivity index (χ0v) is 17.1. The minimum atomic E-state index is -0.171. The average molecular weight is 400 g/mol. The van der Waals surface area contributed by atoms with Gasteiger partial charge in [-0.2, -0.15) is 5.01 Å². The Balaban J connectivity index is 1.36. The van der Waals surface area contributed by atoms with Crippen molar-refractivity contribution < 1.29 is 9.57 Å². The van der Waals surface area contributed by atoms with E-state index in [9.17, 15) is 0 Å². The molecule has 28 heavy (non-hydrogen) atoms. The quantitative estimate of drug-likeness (QED) is 0.809. The van der Waals surface area contributed by atoms with Crippen LogP contribution in [-0.4, -0.2) is 30.5 Å². The van der Waals surface area contributed by atoms with Crippen LogP contribution in [0, 0.1) is 17.8 Å². The Hall–Kier alpha value is -1.18. The van der Waals surface area contributed by atoms with Gasteiger partial charge in [0.1, 0.15) is 5.00 Å². The van der Waals surface area contributed by atoms with Gasteiger partial charge in [0.05, 0.1) is 0 Å².